The average molecular weight is 502 g/mol. The van der Waals surface area contributed by atoms with Crippen molar-refractivity contribution in [2.75, 3.05) is 13.1 Å². The highest BCUT2D eigenvalue weighted by Crippen LogP contribution is 2.25. The van der Waals surface area contributed by atoms with E-state index in [4.69, 9.17) is 23.2 Å². The van der Waals surface area contributed by atoms with Gasteiger partial charge >= 0.3 is 0 Å². The first kappa shape index (κ1) is 24.6. The Labute approximate surface area is 210 Å². The molecule has 2 aromatic carbocycles. The number of hydrogen-bond donors (Lipinski definition) is 2. The third-order valence-electron chi connectivity index (χ3n) is 6.71. The van der Waals surface area contributed by atoms with Gasteiger partial charge in [0.15, 0.2) is 0 Å². The lowest BCUT2D eigenvalue weighted by atomic mass is 9.88. The Morgan fingerprint density at radius 2 is 1.35 bits per heavy atom. The first-order valence-electron chi connectivity index (χ1n) is 11.8. The van der Waals surface area contributed by atoms with Crippen LogP contribution < -0.4 is 10.6 Å². The largest absolute Gasteiger partial charge is 0.351 e. The van der Waals surface area contributed by atoms with E-state index < -0.39 is 0 Å². The van der Waals surface area contributed by atoms with Crippen LogP contribution in [0.15, 0.2) is 48.5 Å². The Bertz CT molecular complexity index is 1020. The number of likely N-dealkylation sites (tertiary alicyclic amines) is 1. The lowest BCUT2D eigenvalue weighted by Crippen LogP contribution is -2.55. The summed E-state index contributed by atoms with van der Waals surface area (Å²) in [6.45, 7) is 1.000. The van der Waals surface area contributed by atoms with Crippen molar-refractivity contribution in [2.45, 2.75) is 50.6 Å². The molecule has 3 amide bonds. The molecule has 1 saturated carbocycles. The van der Waals surface area contributed by atoms with Crippen LogP contribution >= 0.6 is 23.2 Å². The lowest BCUT2D eigenvalue weighted by Gasteiger charge is -2.36. The van der Waals surface area contributed by atoms with Gasteiger partial charge in [0.2, 0.25) is 5.91 Å². The number of carbonyl (C=O) groups is 3. The van der Waals surface area contributed by atoms with Crippen LogP contribution in [-0.4, -0.2) is 47.8 Å². The van der Waals surface area contributed by atoms with Gasteiger partial charge in [0.25, 0.3) is 11.8 Å². The Balaban J connectivity index is 1.31. The highest BCUT2D eigenvalue weighted by atomic mass is 35.5. The zero-order chi connectivity index (χ0) is 24.1. The lowest BCUT2D eigenvalue weighted by molar-refractivity contribution is -0.127. The Morgan fingerprint density at radius 1 is 0.765 bits per heavy atom. The molecule has 4 rings (SSSR count). The smallest absolute Gasteiger partial charge is 0.253 e. The predicted molar refractivity (Wildman–Crippen MR) is 133 cm³/mol. The second-order valence-corrected chi connectivity index (χ2v) is 9.94. The van der Waals surface area contributed by atoms with Gasteiger partial charge in [0, 0.05) is 52.3 Å². The maximum Gasteiger partial charge on any atom is 0.253 e. The zero-order valence-electron chi connectivity index (χ0n) is 18.9. The molecule has 1 heterocycles. The summed E-state index contributed by atoms with van der Waals surface area (Å²) in [4.78, 5) is 40.2. The molecular formula is C26H29Cl2N3O3. The van der Waals surface area contributed by atoms with Gasteiger partial charge in [0.05, 0.1) is 0 Å². The van der Waals surface area contributed by atoms with E-state index in [1.807, 2.05) is 18.2 Å². The average Bonchev–Trinajstić information content (AvgIpc) is 2.84. The number of carbonyl (C=O) groups excluding carboxylic acids is 3. The molecule has 2 fully saturated rings. The van der Waals surface area contributed by atoms with Crippen LogP contribution in [0.5, 0.6) is 0 Å². The fourth-order valence-electron chi connectivity index (χ4n) is 4.82. The fraction of sp³-hybridized carbons (Fsp3) is 0.423. The number of halogens is 2. The summed E-state index contributed by atoms with van der Waals surface area (Å²) in [7, 11) is 0. The molecule has 180 valence electrons. The number of hydrogen-bond acceptors (Lipinski definition) is 3. The number of nitrogens with one attached hydrogen (secondary N) is 2. The molecule has 1 aliphatic heterocycles. The fourth-order valence-corrected chi connectivity index (χ4v) is 5.35. The van der Waals surface area contributed by atoms with Crippen LogP contribution in [0.3, 0.4) is 0 Å². The minimum atomic E-state index is -0.153. The van der Waals surface area contributed by atoms with Gasteiger partial charge in [-0.15, -0.1) is 0 Å². The van der Waals surface area contributed by atoms with Crippen molar-refractivity contribution in [3.63, 3.8) is 0 Å². The SMILES string of the molecule is O=C(N[C@@H]1CCCCC1NC(=O)C1CCN(C(=O)c2cc(Cl)cc(Cl)c2)CC1)c1ccccc1. The van der Waals surface area contributed by atoms with Crippen molar-refractivity contribution < 1.29 is 14.4 Å². The van der Waals surface area contributed by atoms with Crippen LogP contribution in [0.1, 0.15) is 59.2 Å². The normalized spacial score (nSPS) is 21.1. The van der Waals surface area contributed by atoms with Gasteiger partial charge < -0.3 is 15.5 Å². The molecule has 0 bridgehead atoms. The number of amides is 3. The van der Waals surface area contributed by atoms with E-state index >= 15 is 0 Å². The van der Waals surface area contributed by atoms with Crippen LogP contribution in [0, 0.1) is 5.92 Å². The third-order valence-corrected chi connectivity index (χ3v) is 7.14. The highest BCUT2D eigenvalue weighted by molar-refractivity contribution is 6.35. The summed E-state index contributed by atoms with van der Waals surface area (Å²) in [5.74, 6) is -0.387. The van der Waals surface area contributed by atoms with Crippen LogP contribution in [-0.2, 0) is 4.79 Å². The van der Waals surface area contributed by atoms with Crippen molar-refractivity contribution in [3.8, 4) is 0 Å². The first-order valence-corrected chi connectivity index (χ1v) is 12.6. The van der Waals surface area contributed by atoms with E-state index in [1.54, 1.807) is 35.2 Å². The molecule has 2 aromatic rings. The van der Waals surface area contributed by atoms with Gasteiger partial charge in [-0.1, -0.05) is 54.2 Å². The molecule has 0 spiro atoms. The van der Waals surface area contributed by atoms with Gasteiger partial charge in [0.1, 0.15) is 0 Å². The van der Waals surface area contributed by atoms with Crippen molar-refractivity contribution in [1.82, 2.24) is 15.5 Å². The van der Waals surface area contributed by atoms with Crippen molar-refractivity contribution in [3.05, 3.63) is 69.7 Å². The van der Waals surface area contributed by atoms with Gasteiger partial charge in [-0.05, 0) is 56.0 Å². The summed E-state index contributed by atoms with van der Waals surface area (Å²) in [6, 6.07) is 13.8. The molecule has 1 saturated heterocycles. The summed E-state index contributed by atoms with van der Waals surface area (Å²) < 4.78 is 0. The zero-order valence-corrected chi connectivity index (χ0v) is 20.4. The number of rotatable bonds is 5. The molecule has 0 aromatic heterocycles. The van der Waals surface area contributed by atoms with Gasteiger partial charge in [-0.2, -0.15) is 0 Å². The number of piperidine rings is 1. The molecule has 1 unspecified atom stereocenters. The second kappa shape index (κ2) is 11.2. The summed E-state index contributed by atoms with van der Waals surface area (Å²) >= 11 is 12.1. The Hall–Kier alpha value is -2.57. The topological polar surface area (TPSA) is 78.5 Å². The van der Waals surface area contributed by atoms with Gasteiger partial charge in [-0.25, -0.2) is 0 Å². The van der Waals surface area contributed by atoms with Crippen LogP contribution in [0.25, 0.3) is 0 Å². The number of nitrogens with zero attached hydrogens (tertiary/aromatic N) is 1. The monoisotopic (exact) mass is 501 g/mol. The molecule has 2 aliphatic rings. The minimum absolute atomic E-state index is 0.00348. The molecule has 6 nitrogen and oxygen atoms in total. The predicted octanol–water partition coefficient (Wildman–Crippen LogP) is 4.70. The third kappa shape index (κ3) is 6.10. The van der Waals surface area contributed by atoms with E-state index in [0.29, 0.717) is 47.1 Å². The Morgan fingerprint density at radius 3 is 1.97 bits per heavy atom. The first-order chi connectivity index (χ1) is 16.4. The maximum absolute atomic E-state index is 13.0. The quantitative estimate of drug-likeness (QED) is 0.622. The molecule has 0 radical (unpaired) electrons. The highest BCUT2D eigenvalue weighted by Gasteiger charge is 2.32. The standard InChI is InChI=1S/C26H29Cl2N3O3/c27-20-14-19(15-21(28)16-20)26(34)31-12-10-18(11-13-31)25(33)30-23-9-5-4-8-22(23)29-24(32)17-6-2-1-3-7-17/h1-3,6-7,14-16,18,22-23H,4-5,8-13H2,(H,29,32)(H,30,33)/t22-,23?/m1/s1. The Kier molecular flexibility index (Phi) is 8.11. The van der Waals surface area contributed by atoms with E-state index in [-0.39, 0.29) is 35.7 Å². The summed E-state index contributed by atoms with van der Waals surface area (Å²) in [5, 5.41) is 7.15. The second-order valence-electron chi connectivity index (χ2n) is 9.07. The molecule has 2 N–H and O–H groups in total. The minimum Gasteiger partial charge on any atom is -0.351 e. The van der Waals surface area contributed by atoms with Crippen LogP contribution in [0.4, 0.5) is 0 Å². The van der Waals surface area contributed by atoms with E-state index in [1.165, 1.54) is 0 Å². The number of benzene rings is 2. The van der Waals surface area contributed by atoms with Crippen LogP contribution in [0.2, 0.25) is 10.0 Å². The van der Waals surface area contributed by atoms with Crippen molar-refractivity contribution >= 4 is 40.9 Å². The summed E-state index contributed by atoms with van der Waals surface area (Å²) in [6.07, 6.45) is 4.94. The van der Waals surface area contributed by atoms with Crippen molar-refractivity contribution in [2.24, 2.45) is 5.92 Å². The molecule has 8 heteroatoms. The molecule has 34 heavy (non-hydrogen) atoms. The van der Waals surface area contributed by atoms with E-state index in [9.17, 15) is 14.4 Å². The summed E-state index contributed by atoms with van der Waals surface area (Å²) in [5.41, 5.74) is 1.08. The van der Waals surface area contributed by atoms with Crippen molar-refractivity contribution in [1.29, 1.82) is 0 Å². The molecule has 1 aliphatic carbocycles. The molecule has 2 atom stereocenters. The molecular weight excluding hydrogens is 473 g/mol. The van der Waals surface area contributed by atoms with Gasteiger partial charge in [-0.3, -0.25) is 14.4 Å². The maximum atomic E-state index is 13.0. The van der Waals surface area contributed by atoms with E-state index in [0.717, 1.165) is 25.7 Å². The van der Waals surface area contributed by atoms with E-state index in [2.05, 4.69) is 10.6 Å².